The maximum atomic E-state index is 5.70. The van der Waals surface area contributed by atoms with E-state index in [0.29, 0.717) is 6.61 Å². The first-order valence-corrected chi connectivity index (χ1v) is 5.61. The Morgan fingerprint density at radius 1 is 1.47 bits per heavy atom. The van der Waals surface area contributed by atoms with Gasteiger partial charge in [0.05, 0.1) is 31.1 Å². The molecule has 0 unspecified atom stereocenters. The first-order valence-electron chi connectivity index (χ1n) is 5.61. The highest BCUT2D eigenvalue weighted by Gasteiger charge is 2.23. The monoisotopic (exact) mass is 208 g/mol. The molecule has 5 nitrogen and oxygen atoms in total. The van der Waals surface area contributed by atoms with Crippen LogP contribution in [0.1, 0.15) is 18.5 Å². The molecule has 0 amide bonds. The van der Waals surface area contributed by atoms with Crippen LogP contribution in [0.4, 0.5) is 0 Å². The lowest BCUT2D eigenvalue weighted by atomic mass is 10.3. The van der Waals surface area contributed by atoms with Crippen LogP contribution < -0.4 is 5.32 Å². The summed E-state index contributed by atoms with van der Waals surface area (Å²) in [4.78, 5) is 0. The van der Waals surface area contributed by atoms with E-state index in [4.69, 9.17) is 4.74 Å². The fraction of sp³-hybridized carbons (Fsp3) is 0.800. The molecule has 2 heterocycles. The van der Waals surface area contributed by atoms with Gasteiger partial charge in [-0.2, -0.15) is 0 Å². The van der Waals surface area contributed by atoms with E-state index in [1.165, 1.54) is 12.8 Å². The summed E-state index contributed by atoms with van der Waals surface area (Å²) in [5, 5.41) is 11.3. The lowest BCUT2D eigenvalue weighted by Gasteiger charge is -2.23. The van der Waals surface area contributed by atoms with E-state index in [2.05, 4.69) is 15.6 Å². The Bertz CT molecular complexity index is 334. The third-order valence-electron chi connectivity index (χ3n) is 3.04. The van der Waals surface area contributed by atoms with Crippen molar-refractivity contribution in [2.24, 2.45) is 5.92 Å². The van der Waals surface area contributed by atoms with Gasteiger partial charge in [-0.1, -0.05) is 5.21 Å². The Kier molecular flexibility index (Phi) is 2.42. The molecule has 3 rings (SSSR count). The van der Waals surface area contributed by atoms with E-state index < -0.39 is 0 Å². The summed E-state index contributed by atoms with van der Waals surface area (Å²) in [7, 11) is 0. The number of hydrogen-bond acceptors (Lipinski definition) is 4. The SMILES string of the molecule is c1nnn2c1CO[C@@H](CNCC1CC1)C2. The van der Waals surface area contributed by atoms with Gasteiger partial charge in [0, 0.05) is 6.54 Å². The number of nitrogens with zero attached hydrogens (tertiary/aromatic N) is 3. The summed E-state index contributed by atoms with van der Waals surface area (Å²) in [5.74, 6) is 0.926. The zero-order valence-electron chi connectivity index (χ0n) is 8.72. The maximum absolute atomic E-state index is 5.70. The molecule has 0 radical (unpaired) electrons. The zero-order chi connectivity index (χ0) is 10.1. The van der Waals surface area contributed by atoms with E-state index in [1.807, 2.05) is 4.68 Å². The van der Waals surface area contributed by atoms with Gasteiger partial charge in [0.25, 0.3) is 0 Å². The molecular weight excluding hydrogens is 192 g/mol. The summed E-state index contributed by atoms with van der Waals surface area (Å²) in [6.45, 7) is 3.54. The molecule has 15 heavy (non-hydrogen) atoms. The zero-order valence-corrected chi connectivity index (χ0v) is 8.72. The van der Waals surface area contributed by atoms with Gasteiger partial charge in [0.1, 0.15) is 0 Å². The van der Waals surface area contributed by atoms with E-state index in [-0.39, 0.29) is 6.10 Å². The van der Waals surface area contributed by atoms with Crippen molar-refractivity contribution in [2.75, 3.05) is 13.1 Å². The smallest absolute Gasteiger partial charge is 0.0906 e. The van der Waals surface area contributed by atoms with Gasteiger partial charge in [-0.05, 0) is 25.3 Å². The molecule has 1 aliphatic carbocycles. The topological polar surface area (TPSA) is 52.0 Å². The average Bonchev–Trinajstić information content (AvgIpc) is 2.95. The first-order chi connectivity index (χ1) is 7.42. The van der Waals surface area contributed by atoms with Crippen LogP contribution in [0, 0.1) is 5.92 Å². The van der Waals surface area contributed by atoms with Crippen molar-refractivity contribution in [3.8, 4) is 0 Å². The third-order valence-corrected chi connectivity index (χ3v) is 3.04. The van der Waals surface area contributed by atoms with Crippen molar-refractivity contribution in [3.05, 3.63) is 11.9 Å². The van der Waals surface area contributed by atoms with Crippen molar-refractivity contribution >= 4 is 0 Å². The normalized spacial score (nSPS) is 25.2. The summed E-state index contributed by atoms with van der Waals surface area (Å²) in [6, 6.07) is 0. The summed E-state index contributed by atoms with van der Waals surface area (Å²) in [5.41, 5.74) is 1.08. The molecule has 1 saturated carbocycles. The fourth-order valence-corrected chi connectivity index (χ4v) is 1.89. The number of rotatable bonds is 4. The number of fused-ring (bicyclic) bond motifs is 1. The summed E-state index contributed by atoms with van der Waals surface area (Å²) >= 11 is 0. The van der Waals surface area contributed by atoms with Crippen molar-refractivity contribution in [1.29, 1.82) is 0 Å². The van der Waals surface area contributed by atoms with Gasteiger partial charge in [-0.25, -0.2) is 4.68 Å². The maximum Gasteiger partial charge on any atom is 0.0906 e. The Morgan fingerprint density at radius 3 is 3.27 bits per heavy atom. The Hall–Kier alpha value is -0.940. The Labute approximate surface area is 88.8 Å². The highest BCUT2D eigenvalue weighted by molar-refractivity contribution is 4.94. The van der Waals surface area contributed by atoms with Crippen LogP contribution >= 0.6 is 0 Å². The molecule has 1 atom stereocenters. The summed E-state index contributed by atoms with van der Waals surface area (Å²) < 4.78 is 7.64. The number of nitrogens with one attached hydrogen (secondary N) is 1. The van der Waals surface area contributed by atoms with E-state index in [1.54, 1.807) is 6.20 Å². The second kappa shape index (κ2) is 3.90. The number of ether oxygens (including phenoxy) is 1. The molecule has 2 aliphatic rings. The highest BCUT2D eigenvalue weighted by atomic mass is 16.5. The van der Waals surface area contributed by atoms with Gasteiger partial charge < -0.3 is 10.1 Å². The van der Waals surface area contributed by atoms with Gasteiger partial charge in [0.2, 0.25) is 0 Å². The first kappa shape index (κ1) is 9.30. The fourth-order valence-electron chi connectivity index (χ4n) is 1.89. The lowest BCUT2D eigenvalue weighted by Crippen LogP contribution is -2.37. The molecule has 0 bridgehead atoms. The quantitative estimate of drug-likeness (QED) is 0.766. The van der Waals surface area contributed by atoms with Crippen LogP contribution in [0.3, 0.4) is 0 Å². The van der Waals surface area contributed by atoms with Crippen LogP contribution in [0.5, 0.6) is 0 Å². The van der Waals surface area contributed by atoms with Crippen molar-refractivity contribution in [3.63, 3.8) is 0 Å². The molecule has 82 valence electrons. The minimum Gasteiger partial charge on any atom is -0.369 e. The van der Waals surface area contributed by atoms with Gasteiger partial charge in [-0.3, -0.25) is 0 Å². The lowest BCUT2D eigenvalue weighted by molar-refractivity contribution is 0.00112. The second-order valence-electron chi connectivity index (χ2n) is 4.44. The third kappa shape index (κ3) is 2.18. The van der Waals surface area contributed by atoms with Crippen LogP contribution in [0.25, 0.3) is 0 Å². The molecule has 1 aromatic rings. The molecule has 1 aliphatic heterocycles. The van der Waals surface area contributed by atoms with Gasteiger partial charge in [-0.15, -0.1) is 5.10 Å². The summed E-state index contributed by atoms with van der Waals surface area (Å²) in [6.07, 6.45) is 4.81. The average molecular weight is 208 g/mol. The molecule has 0 saturated heterocycles. The van der Waals surface area contributed by atoms with E-state index in [0.717, 1.165) is 31.2 Å². The van der Waals surface area contributed by atoms with Crippen LogP contribution in [-0.4, -0.2) is 34.2 Å². The van der Waals surface area contributed by atoms with Crippen LogP contribution in [0.2, 0.25) is 0 Å². The standard InChI is InChI=1S/C10H16N4O/c1-2-8(1)3-11-5-10-6-14-9(7-15-10)4-12-13-14/h4,8,10-11H,1-3,5-7H2/t10-/m0/s1. The molecule has 1 N–H and O–H groups in total. The minimum atomic E-state index is 0.248. The molecule has 1 fully saturated rings. The molecule has 0 aromatic carbocycles. The number of hydrogen-bond donors (Lipinski definition) is 1. The van der Waals surface area contributed by atoms with Crippen molar-refractivity contribution in [1.82, 2.24) is 20.3 Å². The minimum absolute atomic E-state index is 0.248. The van der Waals surface area contributed by atoms with Crippen LogP contribution in [0.15, 0.2) is 6.20 Å². The number of aromatic nitrogens is 3. The van der Waals surface area contributed by atoms with Gasteiger partial charge >= 0.3 is 0 Å². The molecule has 0 spiro atoms. The Balaban J connectivity index is 1.47. The Morgan fingerprint density at radius 2 is 2.40 bits per heavy atom. The van der Waals surface area contributed by atoms with Crippen LogP contribution in [-0.2, 0) is 17.9 Å². The molecule has 5 heteroatoms. The van der Waals surface area contributed by atoms with Gasteiger partial charge in [0.15, 0.2) is 0 Å². The van der Waals surface area contributed by atoms with Crippen molar-refractivity contribution in [2.45, 2.75) is 32.1 Å². The molecule has 1 aromatic heterocycles. The van der Waals surface area contributed by atoms with Crippen molar-refractivity contribution < 1.29 is 4.74 Å². The van der Waals surface area contributed by atoms with E-state index >= 15 is 0 Å². The predicted molar refractivity (Wildman–Crippen MR) is 54.2 cm³/mol. The molecular formula is C10H16N4O. The van der Waals surface area contributed by atoms with E-state index in [9.17, 15) is 0 Å². The highest BCUT2D eigenvalue weighted by Crippen LogP contribution is 2.27. The largest absolute Gasteiger partial charge is 0.369 e. The second-order valence-corrected chi connectivity index (χ2v) is 4.44. The predicted octanol–water partition coefficient (Wildman–Crippen LogP) is 0.176.